The average Bonchev–Trinajstić information content (AvgIpc) is 2.98. The molecule has 0 bridgehead atoms. The molecule has 0 spiro atoms. The zero-order valence-electron chi connectivity index (χ0n) is 19.4. The molecular weight excluding hydrogens is 388 g/mol. The third-order valence-electron chi connectivity index (χ3n) is 5.10. The normalized spacial score (nSPS) is 23.0. The zero-order chi connectivity index (χ0) is 22.4. The van der Waals surface area contributed by atoms with Gasteiger partial charge in [-0.3, -0.25) is 0 Å². The fraction of sp³-hybridized carbons (Fsp3) is 0.870. The van der Waals surface area contributed by atoms with Gasteiger partial charge in [-0.05, 0) is 46.6 Å². The lowest BCUT2D eigenvalue weighted by atomic mass is 10.0. The van der Waals surface area contributed by atoms with E-state index in [4.69, 9.17) is 23.7 Å². The summed E-state index contributed by atoms with van der Waals surface area (Å²) in [5, 5.41) is 9.74. The Bertz CT molecular complexity index is 490. The highest BCUT2D eigenvalue weighted by Gasteiger charge is 2.39. The van der Waals surface area contributed by atoms with Crippen molar-refractivity contribution >= 4 is 5.97 Å². The SMILES string of the molecule is CCOC(=O)/C=C/[C@H]1OC(C)(C)O[C@@H]1CCCCCCCC[C@@H](OCOC)C(C)O. The first-order valence-electron chi connectivity index (χ1n) is 11.3. The first-order chi connectivity index (χ1) is 14.3. The molecule has 7 nitrogen and oxygen atoms in total. The Morgan fingerprint density at radius 3 is 2.43 bits per heavy atom. The Morgan fingerprint density at radius 1 is 1.13 bits per heavy atom. The molecular formula is C23H42O7. The Balaban J connectivity index is 2.21. The first kappa shape index (κ1) is 27.0. The van der Waals surface area contributed by atoms with Crippen LogP contribution in [0.15, 0.2) is 12.2 Å². The van der Waals surface area contributed by atoms with E-state index >= 15 is 0 Å². The molecule has 1 saturated heterocycles. The van der Waals surface area contributed by atoms with Crippen molar-refractivity contribution in [3.8, 4) is 0 Å². The molecule has 1 unspecified atom stereocenters. The summed E-state index contributed by atoms with van der Waals surface area (Å²) in [6.45, 7) is 7.92. The molecule has 7 heteroatoms. The molecule has 30 heavy (non-hydrogen) atoms. The molecule has 1 rings (SSSR count). The van der Waals surface area contributed by atoms with Crippen molar-refractivity contribution in [3.63, 3.8) is 0 Å². The minimum Gasteiger partial charge on any atom is -0.463 e. The number of esters is 1. The maximum atomic E-state index is 11.6. The van der Waals surface area contributed by atoms with Crippen LogP contribution in [-0.4, -0.2) is 61.8 Å². The first-order valence-corrected chi connectivity index (χ1v) is 11.3. The largest absolute Gasteiger partial charge is 0.463 e. The average molecular weight is 431 g/mol. The molecule has 4 atom stereocenters. The number of rotatable bonds is 16. The van der Waals surface area contributed by atoms with Crippen LogP contribution in [-0.2, 0) is 28.5 Å². The van der Waals surface area contributed by atoms with Gasteiger partial charge in [0.25, 0.3) is 0 Å². The second-order valence-electron chi connectivity index (χ2n) is 8.30. The van der Waals surface area contributed by atoms with Gasteiger partial charge in [0.05, 0.1) is 24.9 Å². The van der Waals surface area contributed by atoms with Gasteiger partial charge in [-0.1, -0.05) is 38.5 Å². The number of methoxy groups -OCH3 is 1. The molecule has 0 amide bonds. The lowest BCUT2D eigenvalue weighted by Crippen LogP contribution is -2.27. The third-order valence-corrected chi connectivity index (χ3v) is 5.10. The second kappa shape index (κ2) is 14.9. The maximum absolute atomic E-state index is 11.6. The minimum absolute atomic E-state index is 0.0459. The number of unbranched alkanes of at least 4 members (excludes halogenated alkanes) is 5. The van der Waals surface area contributed by atoms with Crippen molar-refractivity contribution in [2.24, 2.45) is 0 Å². The topological polar surface area (TPSA) is 83.5 Å². The summed E-state index contributed by atoms with van der Waals surface area (Å²) in [5.74, 6) is -0.991. The second-order valence-corrected chi connectivity index (χ2v) is 8.30. The van der Waals surface area contributed by atoms with Crippen LogP contribution in [0.3, 0.4) is 0 Å². The quantitative estimate of drug-likeness (QED) is 0.171. The molecule has 176 valence electrons. The number of carbonyl (C=O) groups is 1. The molecule has 0 aliphatic carbocycles. The number of aliphatic hydroxyl groups excluding tert-OH is 1. The van der Waals surface area contributed by atoms with E-state index in [2.05, 4.69) is 0 Å². The van der Waals surface area contributed by atoms with Crippen molar-refractivity contribution in [1.29, 1.82) is 0 Å². The van der Waals surface area contributed by atoms with E-state index in [-0.39, 0.29) is 31.1 Å². The van der Waals surface area contributed by atoms with Gasteiger partial charge in [0.1, 0.15) is 12.9 Å². The molecule has 1 heterocycles. The lowest BCUT2D eigenvalue weighted by Gasteiger charge is -2.20. The summed E-state index contributed by atoms with van der Waals surface area (Å²) in [6, 6.07) is 0. The van der Waals surface area contributed by atoms with Crippen LogP contribution in [0.2, 0.25) is 0 Å². The Kier molecular flexibility index (Phi) is 13.4. The highest BCUT2D eigenvalue weighted by Crippen LogP contribution is 2.31. The van der Waals surface area contributed by atoms with Crippen LogP contribution in [0.5, 0.6) is 0 Å². The van der Waals surface area contributed by atoms with E-state index in [1.165, 1.54) is 12.5 Å². The number of hydrogen-bond donors (Lipinski definition) is 1. The summed E-state index contributed by atoms with van der Waals surface area (Å²) in [6.07, 6.45) is 10.7. The summed E-state index contributed by atoms with van der Waals surface area (Å²) < 4.78 is 27.3. The highest BCUT2D eigenvalue weighted by atomic mass is 16.7. The molecule has 0 saturated carbocycles. The molecule has 0 aromatic carbocycles. The fourth-order valence-electron chi connectivity index (χ4n) is 3.63. The highest BCUT2D eigenvalue weighted by molar-refractivity contribution is 5.81. The Morgan fingerprint density at radius 2 is 1.80 bits per heavy atom. The Hall–Kier alpha value is -0.990. The van der Waals surface area contributed by atoms with Gasteiger partial charge in [-0.25, -0.2) is 4.79 Å². The van der Waals surface area contributed by atoms with E-state index in [0.717, 1.165) is 44.9 Å². The van der Waals surface area contributed by atoms with Crippen LogP contribution in [0.25, 0.3) is 0 Å². The van der Waals surface area contributed by atoms with Crippen LogP contribution >= 0.6 is 0 Å². The molecule has 0 radical (unpaired) electrons. The van der Waals surface area contributed by atoms with Crippen LogP contribution < -0.4 is 0 Å². The summed E-state index contributed by atoms with van der Waals surface area (Å²) in [7, 11) is 1.59. The van der Waals surface area contributed by atoms with Crippen molar-refractivity contribution < 1.29 is 33.6 Å². The predicted octanol–water partition coefficient (Wildman–Crippen LogP) is 4.12. The van der Waals surface area contributed by atoms with E-state index < -0.39 is 11.9 Å². The predicted molar refractivity (Wildman–Crippen MR) is 115 cm³/mol. The number of aliphatic hydroxyl groups is 1. The van der Waals surface area contributed by atoms with E-state index in [0.29, 0.717) is 6.61 Å². The monoisotopic (exact) mass is 430 g/mol. The van der Waals surface area contributed by atoms with Gasteiger partial charge in [-0.15, -0.1) is 0 Å². The van der Waals surface area contributed by atoms with Crippen molar-refractivity contribution in [2.45, 2.75) is 109 Å². The number of ether oxygens (including phenoxy) is 5. The molecule has 0 aromatic rings. The smallest absolute Gasteiger partial charge is 0.330 e. The number of hydrogen-bond acceptors (Lipinski definition) is 7. The number of carbonyl (C=O) groups excluding carboxylic acids is 1. The zero-order valence-corrected chi connectivity index (χ0v) is 19.4. The van der Waals surface area contributed by atoms with Crippen molar-refractivity contribution in [1.82, 2.24) is 0 Å². The third kappa shape index (κ3) is 11.4. The van der Waals surface area contributed by atoms with Gasteiger partial charge in [-0.2, -0.15) is 0 Å². The molecule has 1 aliphatic rings. The molecule has 1 fully saturated rings. The van der Waals surface area contributed by atoms with Gasteiger partial charge in [0.15, 0.2) is 5.79 Å². The summed E-state index contributed by atoms with van der Waals surface area (Å²) in [5.41, 5.74) is 0. The van der Waals surface area contributed by atoms with E-state index in [1.807, 2.05) is 13.8 Å². The van der Waals surface area contributed by atoms with Gasteiger partial charge in [0, 0.05) is 13.2 Å². The van der Waals surface area contributed by atoms with Crippen molar-refractivity contribution in [3.05, 3.63) is 12.2 Å². The van der Waals surface area contributed by atoms with Gasteiger partial charge < -0.3 is 28.8 Å². The molecule has 1 aliphatic heterocycles. The van der Waals surface area contributed by atoms with Crippen LogP contribution in [0.4, 0.5) is 0 Å². The summed E-state index contributed by atoms with van der Waals surface area (Å²) in [4.78, 5) is 11.6. The van der Waals surface area contributed by atoms with Crippen LogP contribution in [0.1, 0.15) is 79.1 Å². The van der Waals surface area contributed by atoms with Gasteiger partial charge in [0.2, 0.25) is 0 Å². The molecule has 0 aromatic heterocycles. The summed E-state index contributed by atoms with van der Waals surface area (Å²) >= 11 is 0. The molecule has 1 N–H and O–H groups in total. The van der Waals surface area contributed by atoms with Gasteiger partial charge >= 0.3 is 5.97 Å². The lowest BCUT2D eigenvalue weighted by molar-refractivity contribution is -0.144. The van der Waals surface area contributed by atoms with E-state index in [9.17, 15) is 9.90 Å². The standard InChI is InChI=1S/C23H42O7/c1-6-27-22(25)16-15-21-20(29-23(3,4)30-21)14-12-10-8-7-9-11-13-19(18(2)24)28-17-26-5/h15-16,18-21,24H,6-14,17H2,1-5H3/b16-15+/t18?,19-,20-,21-/m1/s1. The fourth-order valence-corrected chi connectivity index (χ4v) is 3.63. The Labute approximate surface area is 182 Å². The van der Waals surface area contributed by atoms with Crippen LogP contribution in [0, 0.1) is 0 Å². The minimum atomic E-state index is -0.639. The van der Waals surface area contributed by atoms with Crippen molar-refractivity contribution in [2.75, 3.05) is 20.5 Å². The maximum Gasteiger partial charge on any atom is 0.330 e. The van der Waals surface area contributed by atoms with E-state index in [1.54, 1.807) is 27.0 Å².